The molecule has 0 unspecified atom stereocenters. The van der Waals surface area contributed by atoms with Gasteiger partial charge in [0.15, 0.2) is 4.77 Å². The molecular formula is C27H21N3O3S. The average molecular weight is 468 g/mol. The highest BCUT2D eigenvalue weighted by Gasteiger charge is 2.20. The number of para-hydroxylation sites is 2. The average Bonchev–Trinajstić information content (AvgIpc) is 3.27. The van der Waals surface area contributed by atoms with Gasteiger partial charge >= 0.3 is 0 Å². The van der Waals surface area contributed by atoms with Crippen molar-refractivity contribution in [2.75, 3.05) is 6.61 Å². The molecule has 0 aliphatic carbocycles. The van der Waals surface area contributed by atoms with Crippen LogP contribution in [0.3, 0.4) is 0 Å². The molecule has 5 rings (SSSR count). The molecule has 3 aromatic carbocycles. The van der Waals surface area contributed by atoms with Gasteiger partial charge in [0.25, 0.3) is 5.56 Å². The van der Waals surface area contributed by atoms with Crippen molar-refractivity contribution in [2.45, 2.75) is 6.92 Å². The van der Waals surface area contributed by atoms with Crippen LogP contribution in [0.25, 0.3) is 23.0 Å². The second-order valence-electron chi connectivity index (χ2n) is 7.63. The maximum absolute atomic E-state index is 13.6. The van der Waals surface area contributed by atoms with Crippen LogP contribution in [-0.2, 0) is 0 Å². The lowest BCUT2D eigenvalue weighted by atomic mass is 10.1. The minimum atomic E-state index is -0.416. The standard InChI is InChI=1S/C27H21N3O3S/c1-2-33-21-14-12-20(13-15-21)30-26(32)23(16-18-17-28-24-11-7-6-10-22(18)24)25(31)29(27(30)34)19-8-4-3-5-9-19/h3-17,32H,2H2,1H3. The molecule has 0 bridgehead atoms. The van der Waals surface area contributed by atoms with Crippen LogP contribution < -0.4 is 10.3 Å². The lowest BCUT2D eigenvalue weighted by Crippen LogP contribution is -2.25. The number of nitrogens with zero attached hydrogens (tertiary/aromatic N) is 3. The molecule has 168 valence electrons. The van der Waals surface area contributed by atoms with E-state index in [0.717, 1.165) is 16.8 Å². The van der Waals surface area contributed by atoms with Crippen LogP contribution in [0, 0.1) is 4.77 Å². The van der Waals surface area contributed by atoms with Gasteiger partial charge in [0, 0.05) is 17.4 Å². The van der Waals surface area contributed by atoms with Crippen LogP contribution in [0.1, 0.15) is 18.1 Å². The first-order chi connectivity index (χ1) is 16.6. The highest BCUT2D eigenvalue weighted by atomic mass is 32.1. The molecule has 34 heavy (non-hydrogen) atoms. The number of fused-ring (bicyclic) bond motifs is 1. The Kier molecular flexibility index (Phi) is 5.69. The van der Waals surface area contributed by atoms with Crippen LogP contribution in [0.5, 0.6) is 11.6 Å². The summed E-state index contributed by atoms with van der Waals surface area (Å²) >= 11 is 5.71. The summed E-state index contributed by atoms with van der Waals surface area (Å²) in [5.41, 5.74) is 3.36. The number of rotatable bonds is 5. The number of aromatic nitrogens is 2. The smallest absolute Gasteiger partial charge is 0.270 e. The van der Waals surface area contributed by atoms with E-state index >= 15 is 0 Å². The van der Waals surface area contributed by atoms with Gasteiger partial charge in [0.1, 0.15) is 11.3 Å². The molecule has 0 amide bonds. The van der Waals surface area contributed by atoms with Crippen LogP contribution >= 0.6 is 12.2 Å². The van der Waals surface area contributed by atoms with Crippen LogP contribution in [0.4, 0.5) is 5.69 Å². The van der Waals surface area contributed by atoms with Crippen molar-refractivity contribution in [3.8, 4) is 23.0 Å². The van der Waals surface area contributed by atoms with Crippen molar-refractivity contribution in [2.24, 2.45) is 4.99 Å². The minimum absolute atomic E-state index is 0.115. The van der Waals surface area contributed by atoms with Gasteiger partial charge in [-0.05, 0) is 67.7 Å². The topological polar surface area (TPSA) is 68.8 Å². The number of benzene rings is 3. The summed E-state index contributed by atoms with van der Waals surface area (Å²) in [7, 11) is 0. The highest BCUT2D eigenvalue weighted by Crippen LogP contribution is 2.33. The molecule has 0 saturated heterocycles. The van der Waals surface area contributed by atoms with Gasteiger partial charge in [-0.15, -0.1) is 0 Å². The highest BCUT2D eigenvalue weighted by molar-refractivity contribution is 7.71. The zero-order chi connectivity index (χ0) is 23.7. The fourth-order valence-electron chi connectivity index (χ4n) is 3.95. The number of hydrogen-bond donors (Lipinski definition) is 1. The normalized spacial score (nSPS) is 13.3. The summed E-state index contributed by atoms with van der Waals surface area (Å²) in [5, 5.41) is 11.3. The van der Waals surface area contributed by atoms with E-state index in [0.29, 0.717) is 23.7 Å². The Morgan fingerprint density at radius 1 is 0.941 bits per heavy atom. The molecule has 1 aliphatic heterocycles. The SMILES string of the molecule is CCOc1ccc(-n2c(O)c(C=C3C=Nc4ccccc43)c(=O)n(-c3ccccc3)c2=S)cc1. The van der Waals surface area contributed by atoms with E-state index in [1.165, 1.54) is 9.13 Å². The van der Waals surface area contributed by atoms with Crippen molar-refractivity contribution in [1.82, 2.24) is 9.13 Å². The Labute approximate surface area is 201 Å². The van der Waals surface area contributed by atoms with Gasteiger partial charge in [-0.1, -0.05) is 36.4 Å². The Morgan fingerprint density at radius 3 is 2.35 bits per heavy atom. The van der Waals surface area contributed by atoms with Gasteiger partial charge in [-0.25, -0.2) is 0 Å². The minimum Gasteiger partial charge on any atom is -0.494 e. The molecular weight excluding hydrogens is 446 g/mol. The molecule has 2 heterocycles. The zero-order valence-electron chi connectivity index (χ0n) is 18.4. The Morgan fingerprint density at radius 2 is 1.62 bits per heavy atom. The van der Waals surface area contributed by atoms with E-state index in [-0.39, 0.29) is 16.2 Å². The van der Waals surface area contributed by atoms with Gasteiger partial charge < -0.3 is 9.84 Å². The Hall–Kier alpha value is -4.23. The number of aliphatic imine (C=N–C) groups is 1. The van der Waals surface area contributed by atoms with Gasteiger partial charge in [-0.3, -0.25) is 18.9 Å². The first-order valence-electron chi connectivity index (χ1n) is 10.8. The van der Waals surface area contributed by atoms with Crippen molar-refractivity contribution in [1.29, 1.82) is 0 Å². The fourth-order valence-corrected chi connectivity index (χ4v) is 4.33. The van der Waals surface area contributed by atoms with Crippen molar-refractivity contribution < 1.29 is 9.84 Å². The third-order valence-electron chi connectivity index (χ3n) is 5.55. The summed E-state index contributed by atoms with van der Waals surface area (Å²) < 4.78 is 8.61. The quantitative estimate of drug-likeness (QED) is 0.381. The lowest BCUT2D eigenvalue weighted by molar-refractivity contribution is 0.340. The van der Waals surface area contributed by atoms with Crippen molar-refractivity contribution in [3.05, 3.63) is 105 Å². The third-order valence-corrected chi connectivity index (χ3v) is 5.91. The summed E-state index contributed by atoms with van der Waals surface area (Å²) in [6.07, 6.45) is 3.35. The van der Waals surface area contributed by atoms with E-state index < -0.39 is 5.56 Å². The van der Waals surface area contributed by atoms with Crippen LogP contribution in [0.2, 0.25) is 0 Å². The monoisotopic (exact) mass is 467 g/mol. The number of allylic oxidation sites excluding steroid dienone is 1. The van der Waals surface area contributed by atoms with E-state index in [4.69, 9.17) is 17.0 Å². The summed E-state index contributed by atoms with van der Waals surface area (Å²) in [5.74, 6) is 0.464. The Bertz CT molecular complexity index is 1550. The van der Waals surface area contributed by atoms with Crippen LogP contribution in [0.15, 0.2) is 88.6 Å². The second kappa shape index (κ2) is 8.96. The molecule has 0 spiro atoms. The molecule has 7 heteroatoms. The molecule has 6 nitrogen and oxygen atoms in total. The first kappa shape index (κ1) is 21.6. The maximum Gasteiger partial charge on any atom is 0.270 e. The fraction of sp³-hybridized carbons (Fsp3) is 0.0741. The number of aromatic hydroxyl groups is 1. The largest absolute Gasteiger partial charge is 0.494 e. The molecule has 0 radical (unpaired) electrons. The molecule has 0 fully saturated rings. The Balaban J connectivity index is 1.78. The van der Waals surface area contributed by atoms with Gasteiger partial charge in [-0.2, -0.15) is 0 Å². The van der Waals surface area contributed by atoms with E-state index in [1.54, 1.807) is 48.7 Å². The maximum atomic E-state index is 13.6. The molecule has 1 aromatic heterocycles. The van der Waals surface area contributed by atoms with E-state index in [2.05, 4.69) is 4.99 Å². The molecule has 0 atom stereocenters. The lowest BCUT2D eigenvalue weighted by Gasteiger charge is -2.17. The molecule has 4 aromatic rings. The van der Waals surface area contributed by atoms with Gasteiger partial charge in [0.2, 0.25) is 5.88 Å². The van der Waals surface area contributed by atoms with Crippen LogP contribution in [-0.4, -0.2) is 27.1 Å². The van der Waals surface area contributed by atoms with Crippen molar-refractivity contribution >= 4 is 35.8 Å². The summed E-state index contributed by atoms with van der Waals surface area (Å²) in [6, 6.07) is 24.0. The molecule has 1 aliphatic rings. The number of ether oxygens (including phenoxy) is 1. The van der Waals surface area contributed by atoms with Gasteiger partial charge in [0.05, 0.1) is 23.7 Å². The first-order valence-corrected chi connectivity index (χ1v) is 11.2. The second-order valence-corrected chi connectivity index (χ2v) is 8.00. The third kappa shape index (κ3) is 3.76. The summed E-state index contributed by atoms with van der Waals surface area (Å²) in [6.45, 7) is 2.46. The molecule has 1 N–H and O–H groups in total. The summed E-state index contributed by atoms with van der Waals surface area (Å²) in [4.78, 5) is 18.1. The van der Waals surface area contributed by atoms with Crippen molar-refractivity contribution in [3.63, 3.8) is 0 Å². The predicted octanol–water partition coefficient (Wildman–Crippen LogP) is 5.72. The predicted molar refractivity (Wildman–Crippen MR) is 137 cm³/mol. The molecule has 0 saturated carbocycles. The van der Waals surface area contributed by atoms with E-state index in [9.17, 15) is 9.90 Å². The van der Waals surface area contributed by atoms with E-state index in [1.807, 2.05) is 49.4 Å². The number of hydrogen-bond acceptors (Lipinski definition) is 5. The zero-order valence-corrected chi connectivity index (χ0v) is 19.2.